The van der Waals surface area contributed by atoms with Crippen molar-refractivity contribution in [1.82, 2.24) is 0 Å². The average Bonchev–Trinajstić information content (AvgIpc) is 3.05. The first-order chi connectivity index (χ1) is 17.9. The Morgan fingerprint density at radius 2 is 1.62 bits per heavy atom. The molecule has 6 nitrogen and oxygen atoms in total. The largest absolute Gasteiger partial charge is 0.496 e. The van der Waals surface area contributed by atoms with Gasteiger partial charge in [-0.3, -0.25) is 4.79 Å². The normalized spacial score (nSPS) is 18.8. The second-order valence-electron chi connectivity index (χ2n) is 9.63. The number of hydrogen-bond donors (Lipinski definition) is 2. The Kier molecular flexibility index (Phi) is 7.15. The number of ether oxygens (including phenoxy) is 3. The van der Waals surface area contributed by atoms with Gasteiger partial charge < -0.3 is 24.8 Å². The van der Waals surface area contributed by atoms with Gasteiger partial charge in [0.05, 0.1) is 37.7 Å². The molecule has 3 aromatic rings. The smallest absolute Gasteiger partial charge is 0.163 e. The van der Waals surface area contributed by atoms with Crippen molar-refractivity contribution in [2.24, 2.45) is 0 Å². The molecule has 0 spiro atoms. The lowest BCUT2D eigenvalue weighted by Crippen LogP contribution is -2.27. The molecule has 2 unspecified atom stereocenters. The Balaban J connectivity index is 1.58. The standard InChI is InChI=1S/C30H31BrN2O4/c1-17(2)37-27-11-9-18(15-28(27)36-4)19-13-24-29(25(34)14-19)30(21-16-20(31)10-12-26(21)35-3)33-23-8-6-5-7-22(23)32-24/h5-12,15-17,19,30,32-33H,13-14H2,1-4H3. The number of para-hydroxylation sites is 2. The van der Waals surface area contributed by atoms with Crippen molar-refractivity contribution >= 4 is 33.1 Å². The van der Waals surface area contributed by atoms with Gasteiger partial charge in [0.25, 0.3) is 0 Å². The van der Waals surface area contributed by atoms with E-state index in [9.17, 15) is 4.79 Å². The average molecular weight is 563 g/mol. The number of carbonyl (C=O) groups is 1. The number of carbonyl (C=O) groups excluding carboxylic acids is 1. The number of halogens is 1. The molecule has 0 bridgehead atoms. The molecule has 0 radical (unpaired) electrons. The SMILES string of the molecule is COc1cc(C2CC(=O)C3=C(C2)Nc2ccccc2NC3c2cc(Br)ccc2OC)ccc1OC(C)C. The fraction of sp³-hybridized carbons (Fsp3) is 0.300. The van der Waals surface area contributed by atoms with Crippen LogP contribution in [-0.4, -0.2) is 26.1 Å². The zero-order chi connectivity index (χ0) is 26.1. The van der Waals surface area contributed by atoms with E-state index in [1.165, 1.54) is 0 Å². The summed E-state index contributed by atoms with van der Waals surface area (Å²) in [6.07, 6.45) is 1.13. The maximum atomic E-state index is 13.9. The first-order valence-corrected chi connectivity index (χ1v) is 13.2. The fourth-order valence-electron chi connectivity index (χ4n) is 5.18. The molecule has 2 atom stereocenters. The molecular formula is C30H31BrN2O4. The number of fused-ring (bicyclic) bond motifs is 1. The van der Waals surface area contributed by atoms with Crippen LogP contribution in [0.25, 0.3) is 0 Å². The van der Waals surface area contributed by atoms with Crippen LogP contribution in [0.15, 0.2) is 76.4 Å². The van der Waals surface area contributed by atoms with Crippen LogP contribution in [0, 0.1) is 0 Å². The molecule has 0 saturated heterocycles. The van der Waals surface area contributed by atoms with Gasteiger partial charge in [-0.1, -0.05) is 34.1 Å². The highest BCUT2D eigenvalue weighted by molar-refractivity contribution is 9.10. The van der Waals surface area contributed by atoms with Gasteiger partial charge in [0.2, 0.25) is 0 Å². The van der Waals surface area contributed by atoms with Crippen molar-refractivity contribution in [1.29, 1.82) is 0 Å². The summed E-state index contributed by atoms with van der Waals surface area (Å²) in [7, 11) is 3.30. The second-order valence-corrected chi connectivity index (χ2v) is 10.5. The molecule has 3 aromatic carbocycles. The van der Waals surface area contributed by atoms with Crippen LogP contribution in [0.5, 0.6) is 17.2 Å². The summed E-state index contributed by atoms with van der Waals surface area (Å²) in [4.78, 5) is 13.9. The minimum atomic E-state index is -0.358. The first-order valence-electron chi connectivity index (χ1n) is 12.4. The van der Waals surface area contributed by atoms with Gasteiger partial charge >= 0.3 is 0 Å². The summed E-state index contributed by atoms with van der Waals surface area (Å²) in [6, 6.07) is 19.6. The summed E-state index contributed by atoms with van der Waals surface area (Å²) < 4.78 is 18.2. The van der Waals surface area contributed by atoms with Crippen molar-refractivity contribution in [3.63, 3.8) is 0 Å². The number of rotatable bonds is 6. The Bertz CT molecular complexity index is 1370. The Morgan fingerprint density at radius 3 is 2.35 bits per heavy atom. The van der Waals surface area contributed by atoms with Crippen LogP contribution < -0.4 is 24.8 Å². The summed E-state index contributed by atoms with van der Waals surface area (Å²) in [5.41, 5.74) is 5.51. The number of anilines is 2. The molecule has 1 aliphatic carbocycles. The van der Waals surface area contributed by atoms with Gasteiger partial charge in [0.15, 0.2) is 17.3 Å². The van der Waals surface area contributed by atoms with E-state index < -0.39 is 0 Å². The Hall–Kier alpha value is -3.45. The molecule has 2 N–H and O–H groups in total. The molecule has 5 rings (SSSR count). The molecule has 2 aliphatic rings. The number of methoxy groups -OCH3 is 2. The zero-order valence-corrected chi connectivity index (χ0v) is 23.0. The number of ketones is 1. The number of benzene rings is 3. The molecule has 192 valence electrons. The predicted molar refractivity (Wildman–Crippen MR) is 150 cm³/mol. The maximum absolute atomic E-state index is 13.9. The Morgan fingerprint density at radius 1 is 0.892 bits per heavy atom. The third-order valence-corrected chi connectivity index (χ3v) is 7.33. The summed E-state index contributed by atoms with van der Waals surface area (Å²) >= 11 is 3.60. The van der Waals surface area contributed by atoms with E-state index in [2.05, 4.69) is 26.6 Å². The fourth-order valence-corrected chi connectivity index (χ4v) is 5.56. The molecular weight excluding hydrogens is 532 g/mol. The minimum Gasteiger partial charge on any atom is -0.496 e. The van der Waals surface area contributed by atoms with Crippen molar-refractivity contribution in [2.75, 3.05) is 24.9 Å². The molecule has 0 amide bonds. The highest BCUT2D eigenvalue weighted by atomic mass is 79.9. The van der Waals surface area contributed by atoms with Crippen molar-refractivity contribution in [2.45, 2.75) is 44.8 Å². The summed E-state index contributed by atoms with van der Waals surface area (Å²) in [5.74, 6) is 2.22. The van der Waals surface area contributed by atoms with E-state index >= 15 is 0 Å². The molecule has 1 heterocycles. The van der Waals surface area contributed by atoms with Crippen LogP contribution >= 0.6 is 15.9 Å². The van der Waals surface area contributed by atoms with Crippen LogP contribution in [0.3, 0.4) is 0 Å². The molecule has 7 heteroatoms. The summed E-state index contributed by atoms with van der Waals surface area (Å²) in [5, 5.41) is 7.22. The van der Waals surface area contributed by atoms with Crippen LogP contribution in [-0.2, 0) is 4.79 Å². The highest BCUT2D eigenvalue weighted by Crippen LogP contribution is 2.47. The molecule has 1 aliphatic heterocycles. The van der Waals surface area contributed by atoms with E-state index in [-0.39, 0.29) is 23.8 Å². The van der Waals surface area contributed by atoms with Crippen LogP contribution in [0.2, 0.25) is 0 Å². The van der Waals surface area contributed by atoms with E-state index in [1.54, 1.807) is 14.2 Å². The zero-order valence-electron chi connectivity index (χ0n) is 21.4. The molecule has 37 heavy (non-hydrogen) atoms. The number of Topliss-reactive ketones (excluding diaryl/α,β-unsaturated/α-hetero) is 1. The minimum absolute atomic E-state index is 0.0102. The Labute approximate surface area is 226 Å². The monoisotopic (exact) mass is 562 g/mol. The van der Waals surface area contributed by atoms with E-state index in [0.29, 0.717) is 24.3 Å². The van der Waals surface area contributed by atoms with E-state index in [0.717, 1.165) is 44.0 Å². The van der Waals surface area contributed by atoms with Gasteiger partial charge in [-0.2, -0.15) is 0 Å². The topological polar surface area (TPSA) is 68.8 Å². The lowest BCUT2D eigenvalue weighted by molar-refractivity contribution is -0.116. The number of hydrogen-bond acceptors (Lipinski definition) is 6. The third-order valence-electron chi connectivity index (χ3n) is 6.83. The van der Waals surface area contributed by atoms with Gasteiger partial charge in [-0.25, -0.2) is 0 Å². The van der Waals surface area contributed by atoms with Gasteiger partial charge in [0.1, 0.15) is 5.75 Å². The van der Waals surface area contributed by atoms with Crippen molar-refractivity contribution in [3.8, 4) is 17.2 Å². The van der Waals surface area contributed by atoms with Crippen LogP contribution in [0.1, 0.15) is 49.8 Å². The van der Waals surface area contributed by atoms with Gasteiger partial charge in [-0.15, -0.1) is 0 Å². The number of nitrogens with one attached hydrogen (secondary N) is 2. The van der Waals surface area contributed by atoms with Crippen LogP contribution in [0.4, 0.5) is 11.4 Å². The first kappa shape index (κ1) is 25.2. The second kappa shape index (κ2) is 10.5. The maximum Gasteiger partial charge on any atom is 0.163 e. The van der Waals surface area contributed by atoms with Gasteiger partial charge in [0, 0.05) is 27.7 Å². The third kappa shape index (κ3) is 5.05. The molecule has 0 aromatic heterocycles. The van der Waals surface area contributed by atoms with Gasteiger partial charge in [-0.05, 0) is 74.2 Å². The predicted octanol–water partition coefficient (Wildman–Crippen LogP) is 7.23. The van der Waals surface area contributed by atoms with E-state index in [1.807, 2.05) is 74.5 Å². The number of allylic oxidation sites excluding steroid dienone is 1. The van der Waals surface area contributed by atoms with Crippen molar-refractivity contribution in [3.05, 3.63) is 87.5 Å². The lowest BCUT2D eigenvalue weighted by atomic mass is 9.78. The summed E-state index contributed by atoms with van der Waals surface area (Å²) in [6.45, 7) is 3.98. The molecule has 0 fully saturated rings. The quantitative estimate of drug-likeness (QED) is 0.330. The highest BCUT2D eigenvalue weighted by Gasteiger charge is 2.37. The van der Waals surface area contributed by atoms with Crippen molar-refractivity contribution < 1.29 is 19.0 Å². The lowest BCUT2D eigenvalue weighted by Gasteiger charge is -2.30. The van der Waals surface area contributed by atoms with E-state index in [4.69, 9.17) is 14.2 Å². The molecule has 0 saturated carbocycles.